The number of amides is 1. The maximum absolute atomic E-state index is 12.7. The van der Waals surface area contributed by atoms with Gasteiger partial charge in [0.1, 0.15) is 5.75 Å². The summed E-state index contributed by atoms with van der Waals surface area (Å²) in [6.07, 6.45) is 0. The van der Waals surface area contributed by atoms with Crippen LogP contribution in [0.5, 0.6) is 5.75 Å². The Kier molecular flexibility index (Phi) is 6.17. The molecule has 2 aromatic carbocycles. The number of likely N-dealkylation sites (N-methyl/N-ethyl adjacent to an activating group) is 1. The Morgan fingerprint density at radius 1 is 1.16 bits per heavy atom. The molecule has 0 radical (unpaired) electrons. The van der Waals surface area contributed by atoms with E-state index in [1.54, 1.807) is 25.1 Å². The standard InChI is InChI=1S/C18H22N2O4S/c1-4-20(13-18(21)19-15-7-5-6-14(2)12-15)25(22,23)17-10-8-16(24-3)9-11-17/h5-12H,4,13H2,1-3H3,(H,19,21). The number of sulfonamides is 1. The molecule has 6 nitrogen and oxygen atoms in total. The van der Waals surface area contributed by atoms with Crippen LogP contribution in [-0.2, 0) is 14.8 Å². The second-order valence-electron chi connectivity index (χ2n) is 5.52. The van der Waals surface area contributed by atoms with Crippen LogP contribution < -0.4 is 10.1 Å². The zero-order valence-corrected chi connectivity index (χ0v) is 15.3. The van der Waals surface area contributed by atoms with Gasteiger partial charge in [0.2, 0.25) is 15.9 Å². The van der Waals surface area contributed by atoms with Crippen LogP contribution in [0.25, 0.3) is 0 Å². The first kappa shape index (κ1) is 19.0. The lowest BCUT2D eigenvalue weighted by atomic mass is 10.2. The van der Waals surface area contributed by atoms with E-state index in [4.69, 9.17) is 4.74 Å². The van der Waals surface area contributed by atoms with Gasteiger partial charge in [-0.25, -0.2) is 8.42 Å². The van der Waals surface area contributed by atoms with E-state index < -0.39 is 10.0 Å². The second-order valence-corrected chi connectivity index (χ2v) is 7.46. The molecule has 0 atom stereocenters. The molecule has 0 aliphatic rings. The molecule has 0 bridgehead atoms. The number of rotatable bonds is 7. The smallest absolute Gasteiger partial charge is 0.243 e. The summed E-state index contributed by atoms with van der Waals surface area (Å²) < 4.78 is 31.6. The topological polar surface area (TPSA) is 75.7 Å². The van der Waals surface area contributed by atoms with Crippen molar-refractivity contribution in [3.8, 4) is 5.75 Å². The van der Waals surface area contributed by atoms with Crippen LogP contribution in [0.4, 0.5) is 5.69 Å². The van der Waals surface area contributed by atoms with Crippen LogP contribution in [0.3, 0.4) is 0 Å². The van der Waals surface area contributed by atoms with Crippen molar-refractivity contribution in [2.24, 2.45) is 0 Å². The fourth-order valence-electron chi connectivity index (χ4n) is 2.35. The third-order valence-corrected chi connectivity index (χ3v) is 5.61. The Labute approximate surface area is 148 Å². The van der Waals surface area contributed by atoms with E-state index in [0.717, 1.165) is 9.87 Å². The number of methoxy groups -OCH3 is 1. The van der Waals surface area contributed by atoms with E-state index >= 15 is 0 Å². The lowest BCUT2D eigenvalue weighted by Gasteiger charge is -2.20. The number of aryl methyl sites for hydroxylation is 1. The minimum atomic E-state index is -3.75. The highest BCUT2D eigenvalue weighted by molar-refractivity contribution is 7.89. The van der Waals surface area contributed by atoms with Gasteiger partial charge in [-0.15, -0.1) is 0 Å². The molecular formula is C18H22N2O4S. The van der Waals surface area contributed by atoms with Crippen LogP contribution >= 0.6 is 0 Å². The number of anilines is 1. The van der Waals surface area contributed by atoms with Gasteiger partial charge in [0.15, 0.2) is 0 Å². The summed E-state index contributed by atoms with van der Waals surface area (Å²) in [5, 5.41) is 2.72. The number of nitrogens with zero attached hydrogens (tertiary/aromatic N) is 1. The average molecular weight is 362 g/mol. The fraction of sp³-hybridized carbons (Fsp3) is 0.278. The first-order chi connectivity index (χ1) is 11.9. The molecule has 134 valence electrons. The predicted octanol–water partition coefficient (Wildman–Crippen LogP) is 2.65. The van der Waals surface area contributed by atoms with Gasteiger partial charge in [-0.2, -0.15) is 4.31 Å². The fourth-order valence-corrected chi connectivity index (χ4v) is 3.75. The molecule has 0 aromatic heterocycles. The largest absolute Gasteiger partial charge is 0.497 e. The molecular weight excluding hydrogens is 340 g/mol. The number of carbonyl (C=O) groups is 1. The summed E-state index contributed by atoms with van der Waals surface area (Å²) in [7, 11) is -2.24. The number of ether oxygens (including phenoxy) is 1. The summed E-state index contributed by atoms with van der Waals surface area (Å²) in [4.78, 5) is 12.4. The molecule has 0 heterocycles. The number of benzene rings is 2. The second kappa shape index (κ2) is 8.13. The third kappa shape index (κ3) is 4.80. The predicted molar refractivity (Wildman–Crippen MR) is 97.2 cm³/mol. The summed E-state index contributed by atoms with van der Waals surface area (Å²) in [6, 6.07) is 13.4. The minimum absolute atomic E-state index is 0.124. The number of hydrogen-bond acceptors (Lipinski definition) is 4. The molecule has 25 heavy (non-hydrogen) atoms. The van der Waals surface area contributed by atoms with Gasteiger partial charge in [-0.3, -0.25) is 4.79 Å². The molecule has 0 saturated carbocycles. The van der Waals surface area contributed by atoms with E-state index in [2.05, 4.69) is 5.32 Å². The lowest BCUT2D eigenvalue weighted by Crippen LogP contribution is -2.37. The Bertz CT molecular complexity index is 832. The zero-order valence-electron chi connectivity index (χ0n) is 14.5. The summed E-state index contributed by atoms with van der Waals surface area (Å²) in [5.41, 5.74) is 1.65. The first-order valence-electron chi connectivity index (χ1n) is 7.87. The van der Waals surface area contributed by atoms with E-state index in [0.29, 0.717) is 11.4 Å². The van der Waals surface area contributed by atoms with Crippen molar-refractivity contribution in [3.05, 3.63) is 54.1 Å². The molecule has 2 rings (SSSR count). The average Bonchev–Trinajstić information content (AvgIpc) is 2.59. The van der Waals surface area contributed by atoms with Gasteiger partial charge >= 0.3 is 0 Å². The van der Waals surface area contributed by atoms with Gasteiger partial charge < -0.3 is 10.1 Å². The molecule has 0 aliphatic heterocycles. The van der Waals surface area contributed by atoms with Crippen molar-refractivity contribution in [1.82, 2.24) is 4.31 Å². The monoisotopic (exact) mass is 362 g/mol. The van der Waals surface area contributed by atoms with E-state index in [-0.39, 0.29) is 23.9 Å². The molecule has 0 unspecified atom stereocenters. The van der Waals surface area contributed by atoms with E-state index in [1.807, 2.05) is 25.1 Å². The molecule has 0 spiro atoms. The van der Waals surface area contributed by atoms with Crippen LogP contribution in [0.1, 0.15) is 12.5 Å². The molecule has 0 saturated heterocycles. The highest BCUT2D eigenvalue weighted by Crippen LogP contribution is 2.19. The van der Waals surface area contributed by atoms with E-state index in [9.17, 15) is 13.2 Å². The van der Waals surface area contributed by atoms with Crippen molar-refractivity contribution >= 4 is 21.6 Å². The minimum Gasteiger partial charge on any atom is -0.497 e. The summed E-state index contributed by atoms with van der Waals surface area (Å²) >= 11 is 0. The summed E-state index contributed by atoms with van der Waals surface area (Å²) in [5.74, 6) is 0.184. The molecule has 1 amide bonds. The maximum Gasteiger partial charge on any atom is 0.243 e. The summed E-state index contributed by atoms with van der Waals surface area (Å²) in [6.45, 7) is 3.55. The molecule has 1 N–H and O–H groups in total. The van der Waals surface area contributed by atoms with Gasteiger partial charge in [-0.05, 0) is 48.9 Å². The van der Waals surface area contributed by atoms with Crippen molar-refractivity contribution in [2.45, 2.75) is 18.7 Å². The maximum atomic E-state index is 12.7. The molecule has 0 aliphatic carbocycles. The van der Waals surface area contributed by atoms with Crippen molar-refractivity contribution < 1.29 is 17.9 Å². The Balaban J connectivity index is 2.13. The van der Waals surface area contributed by atoms with Crippen LogP contribution in [0.15, 0.2) is 53.4 Å². The van der Waals surface area contributed by atoms with Gasteiger partial charge in [0.25, 0.3) is 0 Å². The van der Waals surface area contributed by atoms with Gasteiger partial charge in [-0.1, -0.05) is 19.1 Å². The van der Waals surface area contributed by atoms with Crippen molar-refractivity contribution in [2.75, 3.05) is 25.5 Å². The van der Waals surface area contributed by atoms with Crippen LogP contribution in [-0.4, -0.2) is 38.8 Å². The van der Waals surface area contributed by atoms with Crippen molar-refractivity contribution in [1.29, 1.82) is 0 Å². The Hall–Kier alpha value is -2.38. The lowest BCUT2D eigenvalue weighted by molar-refractivity contribution is -0.116. The van der Waals surface area contributed by atoms with Gasteiger partial charge in [0.05, 0.1) is 18.6 Å². The number of carbonyl (C=O) groups excluding carboxylic acids is 1. The Morgan fingerprint density at radius 3 is 2.40 bits per heavy atom. The third-order valence-electron chi connectivity index (χ3n) is 3.67. The first-order valence-corrected chi connectivity index (χ1v) is 9.31. The Morgan fingerprint density at radius 2 is 1.84 bits per heavy atom. The SMILES string of the molecule is CCN(CC(=O)Nc1cccc(C)c1)S(=O)(=O)c1ccc(OC)cc1. The normalized spacial score (nSPS) is 11.4. The van der Waals surface area contributed by atoms with Crippen molar-refractivity contribution in [3.63, 3.8) is 0 Å². The number of nitrogens with one attached hydrogen (secondary N) is 1. The highest BCUT2D eigenvalue weighted by atomic mass is 32.2. The molecule has 2 aromatic rings. The molecule has 0 fully saturated rings. The number of hydrogen-bond donors (Lipinski definition) is 1. The quantitative estimate of drug-likeness (QED) is 0.822. The van der Waals surface area contributed by atoms with Crippen LogP contribution in [0, 0.1) is 6.92 Å². The highest BCUT2D eigenvalue weighted by Gasteiger charge is 2.25. The molecule has 7 heteroatoms. The zero-order chi connectivity index (χ0) is 18.4. The van der Waals surface area contributed by atoms with Crippen LogP contribution in [0.2, 0.25) is 0 Å². The van der Waals surface area contributed by atoms with Gasteiger partial charge in [0, 0.05) is 12.2 Å². The van der Waals surface area contributed by atoms with E-state index in [1.165, 1.54) is 19.2 Å².